The van der Waals surface area contributed by atoms with Crippen molar-refractivity contribution in [1.82, 2.24) is 5.43 Å². The summed E-state index contributed by atoms with van der Waals surface area (Å²) >= 11 is 12.0. The van der Waals surface area contributed by atoms with Crippen molar-refractivity contribution in [2.45, 2.75) is 6.92 Å². The van der Waals surface area contributed by atoms with Gasteiger partial charge in [0.15, 0.2) is 11.5 Å². The molecule has 35 heavy (non-hydrogen) atoms. The Kier molecular flexibility index (Phi) is 9.29. The number of hydrogen-bond donors (Lipinski definition) is 1. The average Bonchev–Trinajstić information content (AvgIpc) is 2.84. The van der Waals surface area contributed by atoms with E-state index in [0.29, 0.717) is 40.9 Å². The van der Waals surface area contributed by atoms with Gasteiger partial charge in [-0.3, -0.25) is 4.79 Å². The fraction of sp³-hybridized carbons (Fsp3) is 0.115. The topological polar surface area (TPSA) is 86.2 Å². The Balaban J connectivity index is 1.67. The average molecular weight is 513 g/mol. The summed E-state index contributed by atoms with van der Waals surface area (Å²) in [5.41, 5.74) is 3.68. The highest BCUT2D eigenvalue weighted by Gasteiger charge is 2.16. The highest BCUT2D eigenvalue weighted by molar-refractivity contribution is 6.36. The van der Waals surface area contributed by atoms with E-state index in [9.17, 15) is 9.59 Å². The van der Waals surface area contributed by atoms with Crippen molar-refractivity contribution in [3.63, 3.8) is 0 Å². The lowest BCUT2D eigenvalue weighted by atomic mass is 10.2. The van der Waals surface area contributed by atoms with Gasteiger partial charge in [-0.15, -0.1) is 0 Å². The maximum absolute atomic E-state index is 12.6. The maximum atomic E-state index is 12.6. The predicted molar refractivity (Wildman–Crippen MR) is 136 cm³/mol. The van der Waals surface area contributed by atoms with E-state index in [-0.39, 0.29) is 22.2 Å². The van der Waals surface area contributed by atoms with E-state index in [0.717, 1.165) is 0 Å². The van der Waals surface area contributed by atoms with Crippen LogP contribution in [0.2, 0.25) is 10.0 Å². The van der Waals surface area contributed by atoms with Crippen LogP contribution in [0, 0.1) is 0 Å². The second kappa shape index (κ2) is 12.6. The fourth-order valence-corrected chi connectivity index (χ4v) is 3.34. The molecule has 0 bridgehead atoms. The minimum absolute atomic E-state index is 0.173. The Morgan fingerprint density at radius 2 is 1.77 bits per heavy atom. The summed E-state index contributed by atoms with van der Waals surface area (Å²) in [6.07, 6.45) is 3.09. The summed E-state index contributed by atoms with van der Waals surface area (Å²) in [6.45, 7) is 6.11. The van der Waals surface area contributed by atoms with Crippen LogP contribution in [0.3, 0.4) is 0 Å². The molecular weight excluding hydrogens is 491 g/mol. The van der Waals surface area contributed by atoms with Crippen LogP contribution < -0.4 is 19.6 Å². The molecule has 1 N–H and O–H groups in total. The molecule has 0 saturated heterocycles. The second-order valence-corrected chi connectivity index (χ2v) is 7.82. The van der Waals surface area contributed by atoms with Gasteiger partial charge in [0.25, 0.3) is 5.91 Å². The van der Waals surface area contributed by atoms with Crippen LogP contribution in [-0.2, 0) is 0 Å². The zero-order valence-corrected chi connectivity index (χ0v) is 20.3. The highest BCUT2D eigenvalue weighted by Crippen LogP contribution is 2.30. The number of hydrazone groups is 1. The SMILES string of the molecule is C=CCOc1ccc(C(=O)NN=Cc2ccc(OC(=O)c3ccc(Cl)cc3Cl)c(OCC)c2)cc1. The van der Waals surface area contributed by atoms with Crippen molar-refractivity contribution in [2.75, 3.05) is 13.2 Å². The summed E-state index contributed by atoms with van der Waals surface area (Å²) in [7, 11) is 0. The molecule has 0 fully saturated rings. The van der Waals surface area contributed by atoms with Crippen molar-refractivity contribution in [3.05, 3.63) is 100 Å². The molecule has 0 aliphatic carbocycles. The molecule has 1 amide bonds. The molecule has 0 saturated carbocycles. The van der Waals surface area contributed by atoms with Crippen molar-refractivity contribution in [2.24, 2.45) is 5.10 Å². The molecule has 180 valence electrons. The number of esters is 1. The van der Waals surface area contributed by atoms with Gasteiger partial charge in [-0.2, -0.15) is 5.10 Å². The lowest BCUT2D eigenvalue weighted by Crippen LogP contribution is -2.17. The molecule has 0 radical (unpaired) electrons. The number of ether oxygens (including phenoxy) is 3. The lowest BCUT2D eigenvalue weighted by molar-refractivity contribution is 0.0728. The van der Waals surface area contributed by atoms with E-state index in [4.69, 9.17) is 37.4 Å². The van der Waals surface area contributed by atoms with Gasteiger partial charge in [0, 0.05) is 10.6 Å². The number of amides is 1. The molecule has 0 heterocycles. The molecule has 0 atom stereocenters. The molecule has 0 aliphatic rings. The summed E-state index contributed by atoms with van der Waals surface area (Å²) in [6, 6.07) is 16.0. The summed E-state index contributed by atoms with van der Waals surface area (Å²) in [4.78, 5) is 24.9. The van der Waals surface area contributed by atoms with Gasteiger partial charge < -0.3 is 14.2 Å². The first-order valence-electron chi connectivity index (χ1n) is 10.5. The number of nitrogens with zero attached hydrogens (tertiary/aromatic N) is 1. The zero-order valence-electron chi connectivity index (χ0n) is 18.8. The first-order valence-corrected chi connectivity index (χ1v) is 11.3. The van der Waals surface area contributed by atoms with Crippen molar-refractivity contribution < 1.29 is 23.8 Å². The van der Waals surface area contributed by atoms with Crippen molar-refractivity contribution in [3.8, 4) is 17.2 Å². The standard InChI is InChI=1S/C26H22Cl2N2O5/c1-3-13-34-20-9-6-18(7-10-20)25(31)30-29-16-17-5-12-23(24(14-17)33-4-2)35-26(32)21-11-8-19(27)15-22(21)28/h3,5-12,14-16H,1,4,13H2,2H3,(H,30,31). The molecule has 0 aromatic heterocycles. The Bertz CT molecular complexity index is 1240. The van der Waals surface area contributed by atoms with Crippen LogP contribution >= 0.6 is 23.2 Å². The summed E-state index contributed by atoms with van der Waals surface area (Å²) < 4.78 is 16.5. The molecule has 3 aromatic rings. The monoisotopic (exact) mass is 512 g/mol. The number of carbonyl (C=O) groups excluding carboxylic acids is 2. The molecule has 0 spiro atoms. The van der Waals surface area contributed by atoms with Gasteiger partial charge in [-0.05, 0) is 73.2 Å². The van der Waals surface area contributed by atoms with Crippen LogP contribution in [0.25, 0.3) is 0 Å². The quantitative estimate of drug-likeness (QED) is 0.119. The molecule has 0 aliphatic heterocycles. The number of benzene rings is 3. The van der Waals surface area contributed by atoms with Gasteiger partial charge in [-0.25, -0.2) is 10.2 Å². The minimum Gasteiger partial charge on any atom is -0.490 e. The number of halogens is 2. The first kappa shape index (κ1) is 25.8. The lowest BCUT2D eigenvalue weighted by Gasteiger charge is -2.12. The largest absolute Gasteiger partial charge is 0.490 e. The maximum Gasteiger partial charge on any atom is 0.345 e. The smallest absolute Gasteiger partial charge is 0.345 e. The van der Waals surface area contributed by atoms with Gasteiger partial charge in [-0.1, -0.05) is 35.9 Å². The van der Waals surface area contributed by atoms with Gasteiger partial charge >= 0.3 is 5.97 Å². The third kappa shape index (κ3) is 7.34. The van der Waals surface area contributed by atoms with Crippen LogP contribution in [0.4, 0.5) is 0 Å². The van der Waals surface area contributed by atoms with Crippen LogP contribution in [0.5, 0.6) is 17.2 Å². The normalized spacial score (nSPS) is 10.6. The van der Waals surface area contributed by atoms with Gasteiger partial charge in [0.1, 0.15) is 12.4 Å². The van der Waals surface area contributed by atoms with Gasteiger partial charge in [0.2, 0.25) is 0 Å². The van der Waals surface area contributed by atoms with E-state index >= 15 is 0 Å². The number of nitrogens with one attached hydrogen (secondary N) is 1. The van der Waals surface area contributed by atoms with Crippen LogP contribution in [0.1, 0.15) is 33.2 Å². The predicted octanol–water partition coefficient (Wildman–Crippen LogP) is 5.94. The number of rotatable bonds is 10. The van der Waals surface area contributed by atoms with Gasteiger partial charge in [0.05, 0.1) is 23.4 Å². The molecule has 7 nitrogen and oxygen atoms in total. The summed E-state index contributed by atoms with van der Waals surface area (Å²) in [5, 5.41) is 4.58. The Hall–Kier alpha value is -3.81. The van der Waals surface area contributed by atoms with Crippen LogP contribution in [-0.4, -0.2) is 31.3 Å². The van der Waals surface area contributed by atoms with E-state index in [2.05, 4.69) is 17.1 Å². The zero-order chi connectivity index (χ0) is 25.2. The minimum atomic E-state index is -0.651. The Labute approximate surface area is 212 Å². The van der Waals surface area contributed by atoms with E-state index in [1.54, 1.807) is 61.5 Å². The third-order valence-corrected chi connectivity index (χ3v) is 5.03. The van der Waals surface area contributed by atoms with E-state index < -0.39 is 5.97 Å². The Morgan fingerprint density at radius 1 is 1.00 bits per heavy atom. The van der Waals surface area contributed by atoms with Crippen molar-refractivity contribution in [1.29, 1.82) is 0 Å². The summed E-state index contributed by atoms with van der Waals surface area (Å²) in [5.74, 6) is 0.140. The van der Waals surface area contributed by atoms with Crippen LogP contribution in [0.15, 0.2) is 78.4 Å². The highest BCUT2D eigenvalue weighted by atomic mass is 35.5. The first-order chi connectivity index (χ1) is 16.9. The molecule has 3 aromatic carbocycles. The molecule has 9 heteroatoms. The number of hydrogen-bond acceptors (Lipinski definition) is 6. The second-order valence-electron chi connectivity index (χ2n) is 6.98. The fourth-order valence-electron chi connectivity index (χ4n) is 2.86. The molecule has 0 unspecified atom stereocenters. The van der Waals surface area contributed by atoms with Crippen molar-refractivity contribution >= 4 is 41.3 Å². The molecular formula is C26H22Cl2N2O5. The third-order valence-electron chi connectivity index (χ3n) is 4.49. The Morgan fingerprint density at radius 3 is 2.46 bits per heavy atom. The van der Waals surface area contributed by atoms with E-state index in [1.807, 2.05) is 0 Å². The molecule has 3 rings (SSSR count). The number of carbonyl (C=O) groups is 2. The van der Waals surface area contributed by atoms with E-state index in [1.165, 1.54) is 18.3 Å².